The number of carbonyl (C=O) groups excluding carboxylic acids is 1. The largest absolute Gasteiger partial charge is 0.322 e. The molecule has 2 nitrogen and oxygen atoms in total. The zero-order chi connectivity index (χ0) is 16.3. The molecule has 2 aromatic carbocycles. The molecule has 0 saturated carbocycles. The number of carbonyl (C=O) groups is 1. The number of anilines is 1. The van der Waals surface area contributed by atoms with Crippen molar-refractivity contribution in [3.63, 3.8) is 0 Å². The molecule has 0 unspecified atom stereocenters. The van der Waals surface area contributed by atoms with Gasteiger partial charge in [0.2, 0.25) is 0 Å². The van der Waals surface area contributed by atoms with Gasteiger partial charge in [-0.2, -0.15) is 8.78 Å². The van der Waals surface area contributed by atoms with Crippen LogP contribution < -0.4 is 5.32 Å². The molecule has 2 rings (SSSR count). The van der Waals surface area contributed by atoms with E-state index in [2.05, 4.69) is 5.32 Å². The fourth-order valence-corrected chi connectivity index (χ4v) is 2.85. The summed E-state index contributed by atoms with van der Waals surface area (Å²) in [5.41, 5.74) is 4.37. The van der Waals surface area contributed by atoms with E-state index in [1.807, 2.05) is 32.9 Å². The number of hydrogen-bond acceptors (Lipinski definition) is 2. The number of nitrogens with one attached hydrogen (secondary N) is 1. The minimum atomic E-state index is -2.46. The third-order valence-corrected chi connectivity index (χ3v) is 3.98. The minimum absolute atomic E-state index is 0.247. The van der Waals surface area contributed by atoms with E-state index in [1.54, 1.807) is 12.1 Å². The molecule has 22 heavy (non-hydrogen) atoms. The van der Waals surface area contributed by atoms with Crippen molar-refractivity contribution in [1.82, 2.24) is 0 Å². The second-order valence-electron chi connectivity index (χ2n) is 5.13. The molecule has 0 saturated heterocycles. The van der Waals surface area contributed by atoms with Gasteiger partial charge >= 0.3 is 0 Å². The lowest BCUT2D eigenvalue weighted by Gasteiger charge is -2.13. The summed E-state index contributed by atoms with van der Waals surface area (Å²) in [5.74, 6) is -2.71. The van der Waals surface area contributed by atoms with Crippen LogP contribution in [0.15, 0.2) is 41.3 Å². The molecule has 0 bridgehead atoms. The van der Waals surface area contributed by atoms with Crippen LogP contribution in [0.2, 0.25) is 0 Å². The summed E-state index contributed by atoms with van der Waals surface area (Å²) in [6.45, 7) is 5.89. The highest BCUT2D eigenvalue weighted by atomic mass is 32.2. The number of amides is 1. The minimum Gasteiger partial charge on any atom is -0.322 e. The van der Waals surface area contributed by atoms with E-state index in [1.165, 1.54) is 12.1 Å². The monoisotopic (exact) mass is 321 g/mol. The average molecular weight is 321 g/mol. The summed E-state index contributed by atoms with van der Waals surface area (Å²) in [4.78, 5) is 12.7. The molecule has 0 heterocycles. The lowest BCUT2D eigenvalue weighted by molar-refractivity contribution is 0.102. The summed E-state index contributed by atoms with van der Waals surface area (Å²) in [7, 11) is 0. The Hall–Kier alpha value is -1.88. The zero-order valence-electron chi connectivity index (χ0n) is 12.6. The molecule has 5 heteroatoms. The van der Waals surface area contributed by atoms with Crippen molar-refractivity contribution in [3.8, 4) is 0 Å². The first-order valence-electron chi connectivity index (χ1n) is 6.81. The van der Waals surface area contributed by atoms with Crippen molar-refractivity contribution >= 4 is 23.4 Å². The van der Waals surface area contributed by atoms with Crippen molar-refractivity contribution in [2.75, 3.05) is 5.32 Å². The van der Waals surface area contributed by atoms with Gasteiger partial charge in [-0.05, 0) is 56.2 Å². The van der Waals surface area contributed by atoms with Crippen LogP contribution in [0.25, 0.3) is 0 Å². The molecule has 0 aliphatic heterocycles. The third-order valence-electron chi connectivity index (χ3n) is 3.26. The Labute approximate surface area is 132 Å². The van der Waals surface area contributed by atoms with E-state index >= 15 is 0 Å². The molecule has 0 radical (unpaired) electrons. The number of alkyl halides is 2. The first-order valence-corrected chi connectivity index (χ1v) is 7.69. The van der Waals surface area contributed by atoms with Crippen LogP contribution in [0, 0.1) is 20.8 Å². The Kier molecular flexibility index (Phi) is 5.19. The van der Waals surface area contributed by atoms with Crippen molar-refractivity contribution in [3.05, 3.63) is 58.7 Å². The smallest absolute Gasteiger partial charge is 0.288 e. The first-order chi connectivity index (χ1) is 10.4. The van der Waals surface area contributed by atoms with Crippen molar-refractivity contribution in [2.24, 2.45) is 0 Å². The Morgan fingerprint density at radius 1 is 1.05 bits per heavy atom. The Morgan fingerprint density at radius 2 is 1.59 bits per heavy atom. The van der Waals surface area contributed by atoms with Crippen LogP contribution in [0.1, 0.15) is 27.0 Å². The van der Waals surface area contributed by atoms with E-state index in [9.17, 15) is 13.6 Å². The summed E-state index contributed by atoms with van der Waals surface area (Å²) < 4.78 is 24.5. The van der Waals surface area contributed by atoms with Crippen molar-refractivity contribution < 1.29 is 13.6 Å². The molecule has 1 amide bonds. The molecule has 0 fully saturated rings. The number of halogens is 2. The average Bonchev–Trinajstić information content (AvgIpc) is 2.42. The van der Waals surface area contributed by atoms with Gasteiger partial charge in [0, 0.05) is 16.1 Å². The van der Waals surface area contributed by atoms with E-state index in [0.29, 0.717) is 22.2 Å². The number of rotatable bonds is 4. The van der Waals surface area contributed by atoms with Gasteiger partial charge in [0.15, 0.2) is 0 Å². The predicted molar refractivity (Wildman–Crippen MR) is 86.9 cm³/mol. The molecule has 2 aromatic rings. The number of aryl methyl sites for hydroxylation is 3. The SMILES string of the molecule is Cc1cc(C)c(NC(=O)c2ccc(SC(F)F)cc2)c(C)c1. The molecule has 0 aliphatic carbocycles. The van der Waals surface area contributed by atoms with Gasteiger partial charge in [0.05, 0.1) is 0 Å². The molecule has 0 aliphatic rings. The molecule has 116 valence electrons. The quantitative estimate of drug-likeness (QED) is 0.786. The maximum atomic E-state index is 12.3. The van der Waals surface area contributed by atoms with Crippen molar-refractivity contribution in [2.45, 2.75) is 31.4 Å². The van der Waals surface area contributed by atoms with Crippen LogP contribution in [-0.2, 0) is 0 Å². The second kappa shape index (κ2) is 6.92. The normalized spacial score (nSPS) is 10.8. The molecular formula is C17H17F2NOS. The maximum absolute atomic E-state index is 12.3. The van der Waals surface area contributed by atoms with Crippen LogP contribution in [-0.4, -0.2) is 11.7 Å². The van der Waals surface area contributed by atoms with Gasteiger partial charge in [0.25, 0.3) is 11.7 Å². The number of benzene rings is 2. The summed E-state index contributed by atoms with van der Waals surface area (Å²) in [6, 6.07) is 10.2. The fourth-order valence-electron chi connectivity index (χ4n) is 2.35. The Balaban J connectivity index is 2.16. The fraction of sp³-hybridized carbons (Fsp3) is 0.235. The number of thioether (sulfide) groups is 1. The number of hydrogen-bond donors (Lipinski definition) is 1. The van der Waals surface area contributed by atoms with Gasteiger partial charge in [-0.15, -0.1) is 0 Å². The standard InChI is InChI=1S/C17H17F2NOS/c1-10-8-11(2)15(12(3)9-10)20-16(21)13-4-6-14(7-5-13)22-17(18)19/h4-9,17H,1-3H3,(H,20,21). The van der Waals surface area contributed by atoms with E-state index < -0.39 is 5.76 Å². The van der Waals surface area contributed by atoms with E-state index in [0.717, 1.165) is 22.4 Å². The highest BCUT2D eigenvalue weighted by Gasteiger charge is 2.11. The predicted octanol–water partition coefficient (Wildman–Crippen LogP) is 5.18. The van der Waals surface area contributed by atoms with Crippen LogP contribution in [0.4, 0.5) is 14.5 Å². The Bertz CT molecular complexity index is 661. The van der Waals surface area contributed by atoms with Gasteiger partial charge in [-0.25, -0.2) is 0 Å². The molecule has 0 spiro atoms. The van der Waals surface area contributed by atoms with E-state index in [4.69, 9.17) is 0 Å². The molecule has 0 atom stereocenters. The summed E-state index contributed by atoms with van der Waals surface area (Å²) >= 11 is 0.464. The lowest BCUT2D eigenvalue weighted by Crippen LogP contribution is -2.13. The third kappa shape index (κ3) is 4.07. The van der Waals surface area contributed by atoms with Crippen molar-refractivity contribution in [1.29, 1.82) is 0 Å². The highest BCUT2D eigenvalue weighted by molar-refractivity contribution is 7.99. The van der Waals surface area contributed by atoms with Crippen LogP contribution >= 0.6 is 11.8 Å². The Morgan fingerprint density at radius 3 is 2.09 bits per heavy atom. The first kappa shape index (κ1) is 16.5. The molecular weight excluding hydrogens is 304 g/mol. The van der Waals surface area contributed by atoms with Crippen LogP contribution in [0.5, 0.6) is 0 Å². The summed E-state index contributed by atoms with van der Waals surface area (Å²) in [6.07, 6.45) is 0. The summed E-state index contributed by atoms with van der Waals surface area (Å²) in [5, 5.41) is 2.89. The van der Waals surface area contributed by atoms with Gasteiger partial charge in [-0.3, -0.25) is 4.79 Å². The van der Waals surface area contributed by atoms with E-state index in [-0.39, 0.29) is 5.91 Å². The van der Waals surface area contributed by atoms with Crippen LogP contribution in [0.3, 0.4) is 0 Å². The molecule has 0 aromatic heterocycles. The van der Waals surface area contributed by atoms with Gasteiger partial charge < -0.3 is 5.32 Å². The van der Waals surface area contributed by atoms with Gasteiger partial charge in [0.1, 0.15) is 0 Å². The maximum Gasteiger partial charge on any atom is 0.288 e. The van der Waals surface area contributed by atoms with Gasteiger partial charge in [-0.1, -0.05) is 29.5 Å². The molecule has 1 N–H and O–H groups in total. The lowest BCUT2D eigenvalue weighted by atomic mass is 10.0. The zero-order valence-corrected chi connectivity index (χ0v) is 13.4. The highest BCUT2D eigenvalue weighted by Crippen LogP contribution is 2.26. The second-order valence-corrected chi connectivity index (χ2v) is 6.19. The topological polar surface area (TPSA) is 29.1 Å².